The minimum absolute atomic E-state index is 0.604. The summed E-state index contributed by atoms with van der Waals surface area (Å²) in [5, 5.41) is 5.06. The fourth-order valence-corrected chi connectivity index (χ4v) is 0.987. The van der Waals surface area contributed by atoms with Gasteiger partial charge in [0, 0.05) is 0 Å². The van der Waals surface area contributed by atoms with Gasteiger partial charge in [0.15, 0.2) is 0 Å². The average Bonchev–Trinajstić information content (AvgIpc) is 2.03. The van der Waals surface area contributed by atoms with Crippen molar-refractivity contribution in [2.24, 2.45) is 0 Å². The van der Waals surface area contributed by atoms with Crippen molar-refractivity contribution in [3.63, 3.8) is 0 Å². The van der Waals surface area contributed by atoms with E-state index in [1.165, 1.54) is 19.3 Å². The molecule has 0 spiro atoms. The molecule has 0 aromatic rings. The molecule has 0 bridgehead atoms. The van der Waals surface area contributed by atoms with Crippen molar-refractivity contribution in [2.45, 2.75) is 12.3 Å². The van der Waals surface area contributed by atoms with Crippen molar-refractivity contribution in [2.75, 3.05) is 7.05 Å². The largest absolute Gasteiger partial charge is 0.415 e. The van der Waals surface area contributed by atoms with Gasteiger partial charge in [-0.05, 0) is 25.4 Å². The molecule has 1 atom stereocenters. The van der Waals surface area contributed by atoms with Crippen LogP contribution in [-0.4, -0.2) is 19.4 Å². The van der Waals surface area contributed by atoms with Crippen LogP contribution in [-0.2, 0) is 0 Å². The fourth-order valence-electron chi connectivity index (χ4n) is 0.987. The third-order valence-corrected chi connectivity index (χ3v) is 1.56. The summed E-state index contributed by atoms with van der Waals surface area (Å²) >= 11 is 0. The van der Waals surface area contributed by atoms with Gasteiger partial charge in [-0.15, -0.1) is 0 Å². The molecule has 2 N–H and O–H groups in total. The van der Waals surface area contributed by atoms with Gasteiger partial charge in [0.25, 0.3) is 0 Å². The Labute approximate surface area is 68.1 Å². The van der Waals surface area contributed by atoms with Crippen LogP contribution in [0.25, 0.3) is 0 Å². The molecule has 0 radical (unpaired) electrons. The Bertz CT molecular complexity index is 217. The van der Waals surface area contributed by atoms with Gasteiger partial charge in [-0.25, -0.2) is 0 Å². The average molecular weight is 178 g/mol. The minimum atomic E-state index is -4.27. The van der Waals surface area contributed by atoms with Gasteiger partial charge in [-0.2, -0.15) is 13.2 Å². The molecule has 0 amide bonds. The van der Waals surface area contributed by atoms with E-state index in [0.717, 1.165) is 6.08 Å². The molecule has 1 aliphatic heterocycles. The Balaban J connectivity index is 2.84. The lowest BCUT2D eigenvalue weighted by molar-refractivity contribution is -0.0973. The predicted molar refractivity (Wildman–Crippen MR) is 39.3 cm³/mol. The van der Waals surface area contributed by atoms with Gasteiger partial charge in [-0.3, -0.25) is 5.32 Å². The number of halogens is 3. The Hall–Kier alpha value is -0.970. The standard InChI is InChI=1S/C7H9F3N2/c1-11-6-5(7(8,9)10)3-2-4-12-6/h2-4,6,11-12H,1H3. The van der Waals surface area contributed by atoms with E-state index in [4.69, 9.17) is 0 Å². The number of alkyl halides is 3. The third kappa shape index (κ3) is 1.79. The van der Waals surface area contributed by atoms with E-state index < -0.39 is 17.9 Å². The summed E-state index contributed by atoms with van der Waals surface area (Å²) in [6.45, 7) is 0. The lowest BCUT2D eigenvalue weighted by Crippen LogP contribution is -2.44. The molecule has 1 aliphatic rings. The summed E-state index contributed by atoms with van der Waals surface area (Å²) in [4.78, 5) is 0. The first-order valence-corrected chi connectivity index (χ1v) is 3.43. The van der Waals surface area contributed by atoms with Gasteiger partial charge >= 0.3 is 6.18 Å². The Morgan fingerprint density at radius 2 is 2.17 bits per heavy atom. The summed E-state index contributed by atoms with van der Waals surface area (Å²) in [5.74, 6) is 0. The van der Waals surface area contributed by atoms with Gasteiger partial charge in [0.1, 0.15) is 6.17 Å². The normalized spacial score (nSPS) is 23.3. The molecule has 1 rings (SSSR count). The molecule has 1 heterocycles. The number of allylic oxidation sites excluding steroid dienone is 2. The predicted octanol–water partition coefficient (Wildman–Crippen LogP) is 1.14. The minimum Gasteiger partial charge on any atom is -0.372 e. The third-order valence-electron chi connectivity index (χ3n) is 1.56. The second kappa shape index (κ2) is 3.18. The number of hydrogen-bond donors (Lipinski definition) is 2. The highest BCUT2D eigenvalue weighted by atomic mass is 19.4. The molecule has 12 heavy (non-hydrogen) atoms. The molecule has 0 aromatic heterocycles. The van der Waals surface area contributed by atoms with Crippen LogP contribution in [0, 0.1) is 0 Å². The van der Waals surface area contributed by atoms with Crippen molar-refractivity contribution < 1.29 is 13.2 Å². The maximum Gasteiger partial charge on any atom is 0.415 e. The van der Waals surface area contributed by atoms with Crippen LogP contribution in [0.2, 0.25) is 0 Å². The Morgan fingerprint density at radius 1 is 1.50 bits per heavy atom. The van der Waals surface area contributed by atoms with Crippen molar-refractivity contribution in [3.8, 4) is 0 Å². The molecule has 0 aromatic carbocycles. The molecule has 1 unspecified atom stereocenters. The van der Waals surface area contributed by atoms with E-state index in [-0.39, 0.29) is 0 Å². The molecular formula is C7H9F3N2. The summed E-state index contributed by atoms with van der Waals surface area (Å²) in [7, 11) is 1.47. The monoisotopic (exact) mass is 178 g/mol. The smallest absolute Gasteiger partial charge is 0.372 e. The number of hydrogen-bond acceptors (Lipinski definition) is 2. The Morgan fingerprint density at radius 3 is 2.58 bits per heavy atom. The molecule has 0 fully saturated rings. The summed E-state index contributed by atoms with van der Waals surface area (Å²) in [5.41, 5.74) is -0.604. The number of dihydropyridines is 1. The van der Waals surface area contributed by atoms with E-state index in [2.05, 4.69) is 10.6 Å². The molecule has 2 nitrogen and oxygen atoms in total. The highest BCUT2D eigenvalue weighted by Gasteiger charge is 2.38. The van der Waals surface area contributed by atoms with E-state index in [1.807, 2.05) is 0 Å². The van der Waals surface area contributed by atoms with Crippen LogP contribution in [0.1, 0.15) is 0 Å². The lowest BCUT2D eigenvalue weighted by atomic mass is 10.1. The van der Waals surface area contributed by atoms with Crippen molar-refractivity contribution in [1.29, 1.82) is 0 Å². The molecule has 0 aliphatic carbocycles. The summed E-state index contributed by atoms with van der Waals surface area (Å²) in [6, 6.07) is 0. The van der Waals surface area contributed by atoms with Crippen molar-refractivity contribution in [1.82, 2.24) is 10.6 Å². The van der Waals surface area contributed by atoms with Crippen LogP contribution in [0.4, 0.5) is 13.2 Å². The molecule has 0 saturated carbocycles. The highest BCUT2D eigenvalue weighted by molar-refractivity contribution is 5.25. The highest BCUT2D eigenvalue weighted by Crippen LogP contribution is 2.28. The first-order chi connectivity index (χ1) is 5.55. The molecule has 5 heteroatoms. The molecule has 68 valence electrons. The van der Waals surface area contributed by atoms with Crippen LogP contribution in [0.15, 0.2) is 23.9 Å². The number of rotatable bonds is 1. The summed E-state index contributed by atoms with van der Waals surface area (Å²) in [6.07, 6.45) is -1.26. The Kier molecular flexibility index (Phi) is 2.42. The van der Waals surface area contributed by atoms with Gasteiger partial charge in [-0.1, -0.05) is 0 Å². The maximum absolute atomic E-state index is 12.2. The van der Waals surface area contributed by atoms with Crippen molar-refractivity contribution in [3.05, 3.63) is 23.9 Å². The van der Waals surface area contributed by atoms with Gasteiger partial charge in [0.2, 0.25) is 0 Å². The van der Waals surface area contributed by atoms with Crippen LogP contribution >= 0.6 is 0 Å². The SMILES string of the molecule is CNC1NC=CC=C1C(F)(F)F. The van der Waals surface area contributed by atoms with Gasteiger partial charge < -0.3 is 5.32 Å². The molecule has 0 saturated heterocycles. The van der Waals surface area contributed by atoms with Crippen LogP contribution < -0.4 is 10.6 Å². The van der Waals surface area contributed by atoms with Gasteiger partial charge in [0.05, 0.1) is 5.57 Å². The zero-order valence-corrected chi connectivity index (χ0v) is 6.44. The fraction of sp³-hybridized carbons (Fsp3) is 0.429. The van der Waals surface area contributed by atoms with Crippen LogP contribution in [0.3, 0.4) is 0 Å². The number of nitrogens with one attached hydrogen (secondary N) is 2. The van der Waals surface area contributed by atoms with E-state index >= 15 is 0 Å². The topological polar surface area (TPSA) is 24.1 Å². The maximum atomic E-state index is 12.2. The quantitative estimate of drug-likeness (QED) is 0.629. The van der Waals surface area contributed by atoms with Crippen molar-refractivity contribution >= 4 is 0 Å². The zero-order valence-electron chi connectivity index (χ0n) is 6.44. The first-order valence-electron chi connectivity index (χ1n) is 3.43. The zero-order chi connectivity index (χ0) is 9.19. The first kappa shape index (κ1) is 9.12. The lowest BCUT2D eigenvalue weighted by Gasteiger charge is -2.24. The van der Waals surface area contributed by atoms with E-state index in [0.29, 0.717) is 0 Å². The summed E-state index contributed by atoms with van der Waals surface area (Å²) < 4.78 is 36.6. The second-order valence-electron chi connectivity index (χ2n) is 2.37. The van der Waals surface area contributed by atoms with E-state index in [9.17, 15) is 13.2 Å². The molecular weight excluding hydrogens is 169 g/mol. The van der Waals surface area contributed by atoms with E-state index in [1.54, 1.807) is 0 Å². The number of likely N-dealkylation sites (N-methyl/N-ethyl adjacent to an activating group) is 1. The van der Waals surface area contributed by atoms with Crippen LogP contribution in [0.5, 0.6) is 0 Å². The second-order valence-corrected chi connectivity index (χ2v) is 2.37.